The Kier molecular flexibility index (Phi) is 2.56. The van der Waals surface area contributed by atoms with Crippen LogP contribution in [0.1, 0.15) is 25.3 Å². The lowest BCUT2D eigenvalue weighted by atomic mass is 9.91. The predicted molar refractivity (Wildman–Crippen MR) is 74.9 cm³/mol. The molecule has 0 amide bonds. The normalized spacial score (nSPS) is 15.6. The molecule has 1 aliphatic rings. The standard InChI is InChI=1S/C17H16/c1-13-9-11-15(12-10-13)17-8-4-6-14-5-2-3-7-16(14)17/h2-9,11H,10,12H2,1H3. The van der Waals surface area contributed by atoms with Crippen LogP contribution in [0.25, 0.3) is 16.3 Å². The third-order valence-electron chi connectivity index (χ3n) is 3.49. The molecule has 2 aromatic rings. The monoisotopic (exact) mass is 220 g/mol. The minimum Gasteiger partial charge on any atom is -0.0730 e. The van der Waals surface area contributed by atoms with Crippen molar-refractivity contribution >= 4 is 16.3 Å². The Bertz CT molecular complexity index is 609. The lowest BCUT2D eigenvalue weighted by Gasteiger charge is -2.14. The van der Waals surface area contributed by atoms with E-state index in [1.54, 1.807) is 0 Å². The summed E-state index contributed by atoms with van der Waals surface area (Å²) in [6, 6.07) is 15.2. The third-order valence-corrected chi connectivity index (χ3v) is 3.49. The molecule has 0 radical (unpaired) electrons. The van der Waals surface area contributed by atoms with Crippen molar-refractivity contribution < 1.29 is 0 Å². The molecule has 0 saturated carbocycles. The third kappa shape index (κ3) is 1.91. The summed E-state index contributed by atoms with van der Waals surface area (Å²) in [6.07, 6.45) is 6.88. The van der Waals surface area contributed by atoms with Crippen molar-refractivity contribution in [3.63, 3.8) is 0 Å². The van der Waals surface area contributed by atoms with Gasteiger partial charge in [-0.15, -0.1) is 0 Å². The van der Waals surface area contributed by atoms with E-state index >= 15 is 0 Å². The lowest BCUT2D eigenvalue weighted by molar-refractivity contribution is 0.978. The van der Waals surface area contributed by atoms with Gasteiger partial charge >= 0.3 is 0 Å². The summed E-state index contributed by atoms with van der Waals surface area (Å²) in [4.78, 5) is 0. The first-order valence-electron chi connectivity index (χ1n) is 6.19. The molecule has 84 valence electrons. The van der Waals surface area contributed by atoms with Crippen molar-refractivity contribution in [2.75, 3.05) is 0 Å². The van der Waals surface area contributed by atoms with Crippen LogP contribution in [0.5, 0.6) is 0 Å². The zero-order chi connectivity index (χ0) is 11.7. The molecule has 1 aliphatic carbocycles. The summed E-state index contributed by atoms with van der Waals surface area (Å²) in [7, 11) is 0. The first kappa shape index (κ1) is 10.3. The van der Waals surface area contributed by atoms with E-state index in [0.717, 1.165) is 6.42 Å². The van der Waals surface area contributed by atoms with Crippen LogP contribution < -0.4 is 0 Å². The summed E-state index contributed by atoms with van der Waals surface area (Å²) < 4.78 is 0. The molecule has 0 aromatic heterocycles. The van der Waals surface area contributed by atoms with Crippen molar-refractivity contribution in [2.45, 2.75) is 19.8 Å². The molecule has 0 unspecified atom stereocenters. The molecule has 0 nitrogen and oxygen atoms in total. The van der Waals surface area contributed by atoms with Crippen LogP contribution in [0.4, 0.5) is 0 Å². The van der Waals surface area contributed by atoms with Gasteiger partial charge in [-0.1, -0.05) is 60.2 Å². The molecule has 0 aliphatic heterocycles. The molecule has 0 atom stereocenters. The van der Waals surface area contributed by atoms with E-state index in [9.17, 15) is 0 Å². The molecule has 0 bridgehead atoms. The average molecular weight is 220 g/mol. The van der Waals surface area contributed by atoms with Crippen molar-refractivity contribution in [1.29, 1.82) is 0 Å². The summed E-state index contributed by atoms with van der Waals surface area (Å²) >= 11 is 0. The van der Waals surface area contributed by atoms with Gasteiger partial charge in [-0.3, -0.25) is 0 Å². The van der Waals surface area contributed by atoms with Gasteiger partial charge in [-0.25, -0.2) is 0 Å². The molecule has 0 heteroatoms. The second-order valence-electron chi connectivity index (χ2n) is 4.73. The Morgan fingerprint density at radius 3 is 2.47 bits per heavy atom. The van der Waals surface area contributed by atoms with Gasteiger partial charge in [0, 0.05) is 0 Å². The van der Waals surface area contributed by atoms with E-state index in [-0.39, 0.29) is 0 Å². The highest BCUT2D eigenvalue weighted by Gasteiger charge is 2.08. The van der Waals surface area contributed by atoms with Crippen LogP contribution in [0.3, 0.4) is 0 Å². The Hall–Kier alpha value is -1.82. The minimum absolute atomic E-state index is 1.16. The molecule has 0 spiro atoms. The van der Waals surface area contributed by atoms with Gasteiger partial charge < -0.3 is 0 Å². The van der Waals surface area contributed by atoms with Gasteiger partial charge in [-0.05, 0) is 41.7 Å². The largest absolute Gasteiger partial charge is 0.0730 e. The maximum Gasteiger partial charge on any atom is -0.0109 e. The highest BCUT2D eigenvalue weighted by atomic mass is 14.1. The molecular weight excluding hydrogens is 204 g/mol. The van der Waals surface area contributed by atoms with Crippen LogP contribution in [-0.4, -0.2) is 0 Å². The molecule has 17 heavy (non-hydrogen) atoms. The van der Waals surface area contributed by atoms with Gasteiger partial charge in [0.1, 0.15) is 0 Å². The second kappa shape index (κ2) is 4.21. The maximum absolute atomic E-state index is 2.28. The number of rotatable bonds is 1. The van der Waals surface area contributed by atoms with E-state index in [2.05, 4.69) is 61.5 Å². The van der Waals surface area contributed by atoms with Crippen LogP contribution in [0.2, 0.25) is 0 Å². The Morgan fingerprint density at radius 1 is 0.824 bits per heavy atom. The van der Waals surface area contributed by atoms with Crippen LogP contribution in [-0.2, 0) is 0 Å². The van der Waals surface area contributed by atoms with E-state index in [0.29, 0.717) is 0 Å². The number of allylic oxidation sites excluding steroid dienone is 4. The quantitative estimate of drug-likeness (QED) is 0.637. The summed E-state index contributed by atoms with van der Waals surface area (Å²) in [6.45, 7) is 2.20. The number of hydrogen-bond acceptors (Lipinski definition) is 0. The fraction of sp³-hybridized carbons (Fsp3) is 0.176. The molecule has 0 heterocycles. The van der Waals surface area contributed by atoms with Crippen LogP contribution in [0, 0.1) is 0 Å². The Balaban J connectivity index is 2.18. The fourth-order valence-electron chi connectivity index (χ4n) is 2.47. The van der Waals surface area contributed by atoms with Gasteiger partial charge in [0.15, 0.2) is 0 Å². The van der Waals surface area contributed by atoms with Crippen LogP contribution >= 0.6 is 0 Å². The Labute approximate surface area is 102 Å². The van der Waals surface area contributed by atoms with Gasteiger partial charge in [-0.2, -0.15) is 0 Å². The Morgan fingerprint density at radius 2 is 1.65 bits per heavy atom. The summed E-state index contributed by atoms with van der Waals surface area (Å²) in [5.41, 5.74) is 4.34. The maximum atomic E-state index is 2.28. The van der Waals surface area contributed by atoms with Crippen molar-refractivity contribution in [1.82, 2.24) is 0 Å². The van der Waals surface area contributed by atoms with E-state index in [4.69, 9.17) is 0 Å². The molecule has 0 saturated heterocycles. The van der Waals surface area contributed by atoms with Crippen molar-refractivity contribution in [3.8, 4) is 0 Å². The first-order chi connectivity index (χ1) is 8.34. The predicted octanol–water partition coefficient (Wildman–Crippen LogP) is 4.96. The first-order valence-corrected chi connectivity index (χ1v) is 6.19. The zero-order valence-electron chi connectivity index (χ0n) is 10.1. The van der Waals surface area contributed by atoms with Crippen molar-refractivity contribution in [3.05, 3.63) is 65.8 Å². The summed E-state index contributed by atoms with van der Waals surface area (Å²) in [5.74, 6) is 0. The highest BCUT2D eigenvalue weighted by Crippen LogP contribution is 2.31. The summed E-state index contributed by atoms with van der Waals surface area (Å²) in [5, 5.41) is 2.70. The molecular formula is C17H16. The van der Waals surface area contributed by atoms with E-state index in [1.165, 1.54) is 33.9 Å². The van der Waals surface area contributed by atoms with E-state index in [1.807, 2.05) is 0 Å². The van der Waals surface area contributed by atoms with Crippen molar-refractivity contribution in [2.24, 2.45) is 0 Å². The lowest BCUT2D eigenvalue weighted by Crippen LogP contribution is -1.92. The number of benzene rings is 2. The minimum atomic E-state index is 1.16. The van der Waals surface area contributed by atoms with E-state index < -0.39 is 0 Å². The average Bonchev–Trinajstić information content (AvgIpc) is 2.39. The van der Waals surface area contributed by atoms with Crippen LogP contribution in [0.15, 0.2) is 60.2 Å². The second-order valence-corrected chi connectivity index (χ2v) is 4.73. The zero-order valence-corrected chi connectivity index (χ0v) is 10.1. The highest BCUT2D eigenvalue weighted by molar-refractivity contribution is 5.94. The smallest absolute Gasteiger partial charge is 0.0109 e. The van der Waals surface area contributed by atoms with Gasteiger partial charge in [0.2, 0.25) is 0 Å². The van der Waals surface area contributed by atoms with Gasteiger partial charge in [0.25, 0.3) is 0 Å². The molecule has 0 fully saturated rings. The molecule has 0 N–H and O–H groups in total. The SMILES string of the molecule is CC1=CC=C(c2cccc3ccccc23)CC1. The topological polar surface area (TPSA) is 0 Å². The molecule has 3 rings (SSSR count). The number of hydrogen-bond donors (Lipinski definition) is 0. The van der Waals surface area contributed by atoms with Gasteiger partial charge in [0.05, 0.1) is 0 Å². The number of fused-ring (bicyclic) bond motifs is 1. The molecule has 2 aromatic carbocycles. The fourth-order valence-corrected chi connectivity index (χ4v) is 2.47.